The second kappa shape index (κ2) is 9.00. The molecule has 0 radical (unpaired) electrons. The van der Waals surface area contributed by atoms with E-state index in [1.807, 2.05) is 43.2 Å². The van der Waals surface area contributed by atoms with Crippen molar-refractivity contribution in [3.63, 3.8) is 0 Å². The van der Waals surface area contributed by atoms with E-state index in [2.05, 4.69) is 15.7 Å². The number of hydrogen-bond donors (Lipinski definition) is 2. The van der Waals surface area contributed by atoms with Crippen molar-refractivity contribution in [3.8, 4) is 0 Å². The van der Waals surface area contributed by atoms with E-state index in [0.29, 0.717) is 51.4 Å². The van der Waals surface area contributed by atoms with E-state index in [4.69, 9.17) is 4.74 Å². The van der Waals surface area contributed by atoms with Gasteiger partial charge >= 0.3 is 0 Å². The zero-order valence-electron chi connectivity index (χ0n) is 16.1. The summed E-state index contributed by atoms with van der Waals surface area (Å²) in [6, 6.07) is 1.84. The van der Waals surface area contributed by atoms with Gasteiger partial charge in [-0.25, -0.2) is 0 Å². The van der Waals surface area contributed by atoms with Gasteiger partial charge in [0.2, 0.25) is 11.8 Å². The molecule has 2 amide bonds. The zero-order valence-corrected chi connectivity index (χ0v) is 16.1. The molecular weight excluding hydrogens is 336 g/mol. The van der Waals surface area contributed by atoms with E-state index in [-0.39, 0.29) is 11.8 Å². The van der Waals surface area contributed by atoms with Crippen LogP contribution in [0.3, 0.4) is 0 Å². The van der Waals surface area contributed by atoms with Crippen LogP contribution in [0.5, 0.6) is 0 Å². The van der Waals surface area contributed by atoms with Crippen molar-refractivity contribution < 1.29 is 14.3 Å². The minimum atomic E-state index is -0.781. The first kappa shape index (κ1) is 20.2. The summed E-state index contributed by atoms with van der Waals surface area (Å²) < 4.78 is 6.70. The Kier molecular flexibility index (Phi) is 6.98. The second-order valence-electron chi connectivity index (χ2n) is 6.95. The molecule has 1 fully saturated rings. The minimum absolute atomic E-state index is 0.0834. The third-order valence-corrected chi connectivity index (χ3v) is 4.53. The molecule has 0 atom stereocenters. The quantitative estimate of drug-likeness (QED) is 0.604. The highest BCUT2D eigenvalue weighted by atomic mass is 16.5. The first-order chi connectivity index (χ1) is 12.4. The molecule has 0 aromatic carbocycles. The number of methoxy groups -OCH3 is 1. The summed E-state index contributed by atoms with van der Waals surface area (Å²) in [5.41, 5.74) is -0.781. The summed E-state index contributed by atoms with van der Waals surface area (Å²) in [6.07, 6.45) is 2.89. The van der Waals surface area contributed by atoms with Gasteiger partial charge in [0.1, 0.15) is 11.4 Å². The van der Waals surface area contributed by atoms with E-state index in [1.54, 1.807) is 11.8 Å². The number of ether oxygens (including phenoxy) is 1. The average molecular weight is 366 g/mol. The fourth-order valence-corrected chi connectivity index (χ4v) is 3.08. The number of rotatable bonds is 8. The summed E-state index contributed by atoms with van der Waals surface area (Å²) in [7, 11) is 7.18. The number of piperidine rings is 1. The predicted octanol–water partition coefficient (Wildman–Crippen LogP) is -0.483. The highest BCUT2D eigenvalue weighted by molar-refractivity contribution is 5.90. The predicted molar refractivity (Wildman–Crippen MR) is 98.8 cm³/mol. The third kappa shape index (κ3) is 5.18. The Morgan fingerprint density at radius 1 is 1.35 bits per heavy atom. The van der Waals surface area contributed by atoms with E-state index in [1.165, 1.54) is 0 Å². The van der Waals surface area contributed by atoms with Crippen LogP contribution in [0.4, 0.5) is 5.82 Å². The fraction of sp³-hybridized carbons (Fsp3) is 0.706. The van der Waals surface area contributed by atoms with Gasteiger partial charge in [-0.2, -0.15) is 5.10 Å². The molecule has 1 aliphatic rings. The van der Waals surface area contributed by atoms with Gasteiger partial charge < -0.3 is 25.2 Å². The lowest BCUT2D eigenvalue weighted by Gasteiger charge is -2.41. The SMILES string of the molecule is COCCNC(=O)C1(Nc2ccn(C)n2)CCN(C(=O)CN(C)C)CC1. The normalized spacial score (nSPS) is 16.6. The number of carbonyl (C=O) groups is 2. The number of anilines is 1. The molecule has 9 heteroatoms. The molecule has 1 aromatic heterocycles. The number of hydrogen-bond acceptors (Lipinski definition) is 6. The maximum absolute atomic E-state index is 12.9. The highest BCUT2D eigenvalue weighted by Crippen LogP contribution is 2.27. The van der Waals surface area contributed by atoms with Crippen LogP contribution in [0.1, 0.15) is 12.8 Å². The van der Waals surface area contributed by atoms with Gasteiger partial charge in [0.05, 0.1) is 13.2 Å². The molecule has 146 valence electrons. The molecule has 2 N–H and O–H groups in total. The van der Waals surface area contributed by atoms with Gasteiger partial charge in [0.15, 0.2) is 0 Å². The molecule has 0 unspecified atom stereocenters. The maximum atomic E-state index is 12.9. The molecule has 2 rings (SSSR count). The fourth-order valence-electron chi connectivity index (χ4n) is 3.08. The van der Waals surface area contributed by atoms with Crippen LogP contribution in [0.25, 0.3) is 0 Å². The Balaban J connectivity index is 2.07. The van der Waals surface area contributed by atoms with Gasteiger partial charge in [-0.15, -0.1) is 0 Å². The van der Waals surface area contributed by atoms with E-state index in [9.17, 15) is 9.59 Å². The summed E-state index contributed by atoms with van der Waals surface area (Å²) in [5.74, 6) is 0.656. The van der Waals surface area contributed by atoms with E-state index >= 15 is 0 Å². The number of nitrogens with one attached hydrogen (secondary N) is 2. The van der Waals surface area contributed by atoms with Gasteiger partial charge in [0.25, 0.3) is 0 Å². The lowest BCUT2D eigenvalue weighted by molar-refractivity contribution is -0.136. The molecule has 0 bridgehead atoms. The molecule has 1 aliphatic heterocycles. The number of aromatic nitrogens is 2. The Labute approximate surface area is 154 Å². The van der Waals surface area contributed by atoms with Crippen LogP contribution < -0.4 is 10.6 Å². The van der Waals surface area contributed by atoms with Crippen molar-refractivity contribution in [3.05, 3.63) is 12.3 Å². The van der Waals surface area contributed by atoms with Gasteiger partial charge in [-0.3, -0.25) is 14.3 Å². The average Bonchev–Trinajstić information content (AvgIpc) is 2.99. The monoisotopic (exact) mass is 366 g/mol. The molecule has 26 heavy (non-hydrogen) atoms. The van der Waals surface area contributed by atoms with Crippen LogP contribution >= 0.6 is 0 Å². The smallest absolute Gasteiger partial charge is 0.245 e. The third-order valence-electron chi connectivity index (χ3n) is 4.53. The standard InChI is InChI=1S/C17H30N6O3/c1-21(2)13-15(24)23-10-6-17(7-11-23,16(25)18-8-12-26-4)19-14-5-9-22(3)20-14/h5,9H,6-8,10-13H2,1-4H3,(H,18,25)(H,19,20). The van der Waals surface area contributed by atoms with E-state index < -0.39 is 5.54 Å². The lowest BCUT2D eigenvalue weighted by Crippen LogP contribution is -2.59. The van der Waals surface area contributed by atoms with Crippen LogP contribution in [0.2, 0.25) is 0 Å². The van der Waals surface area contributed by atoms with Crippen molar-refractivity contribution >= 4 is 17.6 Å². The van der Waals surface area contributed by atoms with Gasteiger partial charge in [0, 0.05) is 46.1 Å². The number of aryl methyl sites for hydroxylation is 1. The molecule has 9 nitrogen and oxygen atoms in total. The Bertz CT molecular complexity index is 607. The van der Waals surface area contributed by atoms with Crippen molar-refractivity contribution in [2.45, 2.75) is 18.4 Å². The Morgan fingerprint density at radius 2 is 2.04 bits per heavy atom. The topological polar surface area (TPSA) is 91.7 Å². The summed E-state index contributed by atoms with van der Waals surface area (Å²) in [4.78, 5) is 28.9. The molecule has 2 heterocycles. The largest absolute Gasteiger partial charge is 0.383 e. The number of nitrogens with zero attached hydrogens (tertiary/aromatic N) is 4. The van der Waals surface area contributed by atoms with Crippen molar-refractivity contribution in [1.29, 1.82) is 0 Å². The number of likely N-dealkylation sites (tertiary alicyclic amines) is 1. The Morgan fingerprint density at radius 3 is 2.58 bits per heavy atom. The summed E-state index contributed by atoms with van der Waals surface area (Å²) >= 11 is 0. The van der Waals surface area contributed by atoms with Crippen LogP contribution in [0.15, 0.2) is 12.3 Å². The highest BCUT2D eigenvalue weighted by Gasteiger charge is 2.42. The first-order valence-electron chi connectivity index (χ1n) is 8.84. The molecule has 0 aliphatic carbocycles. The maximum Gasteiger partial charge on any atom is 0.245 e. The molecule has 1 aromatic rings. The molecule has 1 saturated heterocycles. The van der Waals surface area contributed by atoms with E-state index in [0.717, 1.165) is 0 Å². The van der Waals surface area contributed by atoms with Crippen molar-refractivity contribution in [2.24, 2.45) is 7.05 Å². The Hall–Kier alpha value is -2.13. The minimum Gasteiger partial charge on any atom is -0.383 e. The van der Waals surface area contributed by atoms with Crippen LogP contribution in [0, 0.1) is 0 Å². The number of likely N-dealkylation sites (N-methyl/N-ethyl adjacent to an activating group) is 1. The number of carbonyl (C=O) groups excluding carboxylic acids is 2. The first-order valence-corrected chi connectivity index (χ1v) is 8.84. The summed E-state index contributed by atoms with van der Waals surface area (Å²) in [6.45, 7) is 2.35. The van der Waals surface area contributed by atoms with Crippen LogP contribution in [-0.4, -0.2) is 90.9 Å². The second-order valence-corrected chi connectivity index (χ2v) is 6.95. The molecular formula is C17H30N6O3. The van der Waals surface area contributed by atoms with Gasteiger partial charge in [-0.05, 0) is 26.9 Å². The van der Waals surface area contributed by atoms with Crippen molar-refractivity contribution in [2.75, 3.05) is 59.3 Å². The number of amides is 2. The molecule has 0 saturated carbocycles. The summed E-state index contributed by atoms with van der Waals surface area (Å²) in [5, 5.41) is 10.6. The van der Waals surface area contributed by atoms with Crippen molar-refractivity contribution in [1.82, 2.24) is 24.9 Å². The van der Waals surface area contributed by atoms with Crippen LogP contribution in [-0.2, 0) is 21.4 Å². The zero-order chi connectivity index (χ0) is 19.2. The van der Waals surface area contributed by atoms with Gasteiger partial charge in [-0.1, -0.05) is 0 Å². The lowest BCUT2D eigenvalue weighted by atomic mass is 9.86. The molecule has 0 spiro atoms.